The summed E-state index contributed by atoms with van der Waals surface area (Å²) >= 11 is 14.3. The van der Waals surface area contributed by atoms with E-state index in [-0.39, 0.29) is 0 Å². The number of aryl methyl sites for hydroxylation is 1. The SMILES string of the molecule is COc1ccccc1NC(=O)NC(C)c1nnc(SCc2ccccc2C)n1-c1ccc(Cl)cc1Cl. The first-order valence-electron chi connectivity index (χ1n) is 11.2. The zero-order valence-electron chi connectivity index (χ0n) is 20.0. The fourth-order valence-electron chi connectivity index (χ4n) is 3.63. The number of rotatable bonds is 8. The number of para-hydroxylation sites is 2. The van der Waals surface area contributed by atoms with Gasteiger partial charge in [0.1, 0.15) is 5.75 Å². The molecular formula is C26H25Cl2N5O2S. The van der Waals surface area contributed by atoms with Gasteiger partial charge in [0, 0.05) is 10.8 Å². The molecule has 1 atom stereocenters. The molecule has 0 aliphatic carbocycles. The van der Waals surface area contributed by atoms with Gasteiger partial charge in [-0.05, 0) is 55.3 Å². The minimum atomic E-state index is -0.494. The number of carbonyl (C=O) groups excluding carboxylic acids is 1. The van der Waals surface area contributed by atoms with Crippen LogP contribution in [0.25, 0.3) is 5.69 Å². The Kier molecular flexibility index (Phi) is 8.40. The number of halogens is 2. The van der Waals surface area contributed by atoms with Crippen LogP contribution in [-0.4, -0.2) is 27.9 Å². The first-order chi connectivity index (χ1) is 17.4. The summed E-state index contributed by atoms with van der Waals surface area (Å²) in [6, 6.07) is 19.7. The van der Waals surface area contributed by atoms with Crippen LogP contribution in [0.1, 0.15) is 29.9 Å². The Hall–Kier alpha value is -3.20. The van der Waals surface area contributed by atoms with Gasteiger partial charge in [-0.15, -0.1) is 10.2 Å². The minimum Gasteiger partial charge on any atom is -0.495 e. The Morgan fingerprint density at radius 1 is 1.08 bits per heavy atom. The Morgan fingerprint density at radius 2 is 1.83 bits per heavy atom. The number of nitrogens with one attached hydrogen (secondary N) is 2. The zero-order chi connectivity index (χ0) is 25.7. The van der Waals surface area contributed by atoms with Crippen LogP contribution in [0, 0.1) is 6.92 Å². The molecule has 0 saturated carbocycles. The Labute approximate surface area is 224 Å². The van der Waals surface area contributed by atoms with Crippen LogP contribution in [0.3, 0.4) is 0 Å². The predicted octanol–water partition coefficient (Wildman–Crippen LogP) is 7.07. The maximum Gasteiger partial charge on any atom is 0.319 e. The summed E-state index contributed by atoms with van der Waals surface area (Å²) in [5.74, 6) is 1.79. The molecule has 0 aliphatic rings. The number of hydrogen-bond donors (Lipinski definition) is 2. The van der Waals surface area contributed by atoms with Gasteiger partial charge < -0.3 is 15.4 Å². The van der Waals surface area contributed by atoms with E-state index in [0.29, 0.717) is 43.9 Å². The maximum absolute atomic E-state index is 12.8. The number of nitrogens with zero attached hydrogens (tertiary/aromatic N) is 3. The van der Waals surface area contributed by atoms with Gasteiger partial charge >= 0.3 is 6.03 Å². The third-order valence-corrected chi connectivity index (χ3v) is 7.03. The van der Waals surface area contributed by atoms with E-state index in [1.54, 1.807) is 31.4 Å². The molecular weight excluding hydrogens is 517 g/mol. The second-order valence-electron chi connectivity index (χ2n) is 8.01. The van der Waals surface area contributed by atoms with Crippen molar-refractivity contribution >= 4 is 46.7 Å². The number of thioether (sulfide) groups is 1. The number of urea groups is 1. The van der Waals surface area contributed by atoms with Crippen molar-refractivity contribution in [3.05, 3.63) is 93.7 Å². The van der Waals surface area contributed by atoms with Crippen LogP contribution in [-0.2, 0) is 5.75 Å². The Balaban J connectivity index is 1.61. The number of anilines is 1. The molecule has 1 heterocycles. The van der Waals surface area contributed by atoms with Gasteiger partial charge in [0.25, 0.3) is 0 Å². The molecule has 2 N–H and O–H groups in total. The van der Waals surface area contributed by atoms with Gasteiger partial charge in [0.2, 0.25) is 0 Å². The average Bonchev–Trinajstić information content (AvgIpc) is 3.27. The highest BCUT2D eigenvalue weighted by Crippen LogP contribution is 2.33. The fourth-order valence-corrected chi connectivity index (χ4v) is 5.15. The molecule has 4 rings (SSSR count). The zero-order valence-corrected chi connectivity index (χ0v) is 22.3. The van der Waals surface area contributed by atoms with E-state index in [9.17, 15) is 4.79 Å². The smallest absolute Gasteiger partial charge is 0.319 e. The van der Waals surface area contributed by atoms with Crippen molar-refractivity contribution < 1.29 is 9.53 Å². The van der Waals surface area contributed by atoms with Crippen LogP contribution in [0.2, 0.25) is 10.0 Å². The summed E-state index contributed by atoms with van der Waals surface area (Å²) in [7, 11) is 1.55. The van der Waals surface area contributed by atoms with Crippen molar-refractivity contribution in [2.45, 2.75) is 30.8 Å². The summed E-state index contributed by atoms with van der Waals surface area (Å²) in [5, 5.41) is 16.2. The van der Waals surface area contributed by atoms with Crippen LogP contribution in [0.15, 0.2) is 71.9 Å². The molecule has 10 heteroatoms. The van der Waals surface area contributed by atoms with Gasteiger partial charge in [-0.3, -0.25) is 4.57 Å². The molecule has 36 heavy (non-hydrogen) atoms. The molecule has 0 spiro atoms. The third-order valence-electron chi connectivity index (χ3n) is 5.52. The summed E-state index contributed by atoms with van der Waals surface area (Å²) in [6.07, 6.45) is 0. The number of benzene rings is 3. The van der Waals surface area contributed by atoms with Crippen molar-refractivity contribution in [2.24, 2.45) is 0 Å². The number of hydrogen-bond acceptors (Lipinski definition) is 5. The van der Waals surface area contributed by atoms with Crippen molar-refractivity contribution in [3.8, 4) is 11.4 Å². The van der Waals surface area contributed by atoms with E-state index in [0.717, 1.165) is 0 Å². The quantitative estimate of drug-likeness (QED) is 0.233. The molecule has 1 unspecified atom stereocenters. The average molecular weight is 542 g/mol. The van der Waals surface area contributed by atoms with Gasteiger partial charge in [0.15, 0.2) is 11.0 Å². The van der Waals surface area contributed by atoms with Crippen LogP contribution >= 0.6 is 35.0 Å². The molecule has 4 aromatic rings. The molecule has 2 amide bonds. The van der Waals surface area contributed by atoms with E-state index in [2.05, 4.69) is 39.9 Å². The summed E-state index contributed by atoms with van der Waals surface area (Å²) < 4.78 is 7.17. The summed E-state index contributed by atoms with van der Waals surface area (Å²) in [5.41, 5.74) is 3.63. The van der Waals surface area contributed by atoms with E-state index in [1.807, 2.05) is 41.8 Å². The standard InChI is InChI=1S/C26H25Cl2N5O2S/c1-16-8-4-5-9-18(16)15-36-26-32-31-24(33(26)22-13-12-19(27)14-20(22)28)17(2)29-25(34)30-21-10-6-7-11-23(21)35-3/h4-14,17H,15H2,1-3H3,(H2,29,30,34). The van der Waals surface area contributed by atoms with Gasteiger partial charge in [-0.25, -0.2) is 4.79 Å². The summed E-state index contributed by atoms with van der Waals surface area (Å²) in [6.45, 7) is 3.91. The van der Waals surface area contributed by atoms with Gasteiger partial charge in [-0.2, -0.15) is 0 Å². The van der Waals surface area contributed by atoms with E-state index >= 15 is 0 Å². The topological polar surface area (TPSA) is 81.1 Å². The Morgan fingerprint density at radius 3 is 2.58 bits per heavy atom. The number of carbonyl (C=O) groups is 1. The lowest BCUT2D eigenvalue weighted by Gasteiger charge is -2.18. The molecule has 3 aromatic carbocycles. The first-order valence-corrected chi connectivity index (χ1v) is 12.9. The number of aromatic nitrogens is 3. The number of ether oxygens (including phenoxy) is 1. The normalized spacial score (nSPS) is 11.7. The molecule has 0 bridgehead atoms. The number of amides is 2. The second-order valence-corrected chi connectivity index (χ2v) is 9.79. The monoisotopic (exact) mass is 541 g/mol. The predicted molar refractivity (Wildman–Crippen MR) is 146 cm³/mol. The molecule has 0 radical (unpaired) electrons. The van der Waals surface area contributed by atoms with E-state index in [4.69, 9.17) is 27.9 Å². The number of methoxy groups -OCH3 is 1. The summed E-state index contributed by atoms with van der Waals surface area (Å²) in [4.78, 5) is 12.8. The van der Waals surface area contributed by atoms with Crippen LogP contribution in [0.4, 0.5) is 10.5 Å². The van der Waals surface area contributed by atoms with Crippen molar-refractivity contribution in [2.75, 3.05) is 12.4 Å². The third kappa shape index (κ3) is 5.95. The highest BCUT2D eigenvalue weighted by atomic mass is 35.5. The van der Waals surface area contributed by atoms with Crippen molar-refractivity contribution in [1.29, 1.82) is 0 Å². The lowest BCUT2D eigenvalue weighted by Crippen LogP contribution is -2.32. The van der Waals surface area contributed by atoms with Gasteiger partial charge in [-0.1, -0.05) is 71.4 Å². The molecule has 0 aliphatic heterocycles. The Bertz CT molecular complexity index is 1380. The molecule has 7 nitrogen and oxygen atoms in total. The molecule has 0 fully saturated rings. The van der Waals surface area contributed by atoms with Crippen molar-refractivity contribution in [1.82, 2.24) is 20.1 Å². The second kappa shape index (κ2) is 11.7. The van der Waals surface area contributed by atoms with Crippen LogP contribution < -0.4 is 15.4 Å². The largest absolute Gasteiger partial charge is 0.495 e. The molecule has 186 valence electrons. The molecule has 0 saturated heterocycles. The van der Waals surface area contributed by atoms with E-state index in [1.165, 1.54) is 22.9 Å². The highest BCUT2D eigenvalue weighted by molar-refractivity contribution is 7.98. The highest BCUT2D eigenvalue weighted by Gasteiger charge is 2.23. The van der Waals surface area contributed by atoms with Crippen LogP contribution in [0.5, 0.6) is 5.75 Å². The van der Waals surface area contributed by atoms with Gasteiger partial charge in [0.05, 0.1) is 29.5 Å². The maximum atomic E-state index is 12.8. The van der Waals surface area contributed by atoms with Crippen molar-refractivity contribution in [3.63, 3.8) is 0 Å². The fraction of sp³-hybridized carbons (Fsp3) is 0.192. The first kappa shape index (κ1) is 25.9. The lowest BCUT2D eigenvalue weighted by atomic mass is 10.1. The van der Waals surface area contributed by atoms with E-state index < -0.39 is 12.1 Å². The lowest BCUT2D eigenvalue weighted by molar-refractivity contribution is 0.248. The molecule has 1 aromatic heterocycles. The minimum absolute atomic E-state index is 0.405.